The highest BCUT2D eigenvalue weighted by Gasteiger charge is 2.22. The predicted octanol–water partition coefficient (Wildman–Crippen LogP) is 3.25. The van der Waals surface area contributed by atoms with E-state index in [1.165, 1.54) is 0 Å². The molecule has 7 heteroatoms. The van der Waals surface area contributed by atoms with Gasteiger partial charge in [-0.1, -0.05) is 0 Å². The molecule has 1 aliphatic heterocycles. The van der Waals surface area contributed by atoms with Crippen LogP contribution in [0.3, 0.4) is 0 Å². The number of aryl methyl sites for hydroxylation is 1. The van der Waals surface area contributed by atoms with Crippen LogP contribution in [0.4, 0.5) is 13.2 Å². The number of nitrogens with zero attached hydrogens (tertiary/aromatic N) is 3. The maximum absolute atomic E-state index is 13.7. The summed E-state index contributed by atoms with van der Waals surface area (Å²) in [5, 5.41) is 0. The number of ether oxygens (including phenoxy) is 1. The van der Waals surface area contributed by atoms with E-state index < -0.39 is 17.5 Å². The molecule has 3 rings (SSSR count). The lowest BCUT2D eigenvalue weighted by Gasteiger charge is -2.31. The molecule has 0 radical (unpaired) electrons. The topological polar surface area (TPSA) is 38.2 Å². The summed E-state index contributed by atoms with van der Waals surface area (Å²) >= 11 is 0. The third-order valence-corrected chi connectivity index (χ3v) is 4.05. The second kappa shape index (κ2) is 7.17. The molecule has 128 valence electrons. The minimum absolute atomic E-state index is 0.00115. The maximum Gasteiger partial charge on any atom is 0.316 e. The number of hydrogen-bond donors (Lipinski definition) is 0. The number of hydrogen-bond acceptors (Lipinski definition) is 4. The lowest BCUT2D eigenvalue weighted by atomic mass is 10.1. The Hall–Kier alpha value is -2.15. The molecule has 2 aromatic rings. The number of rotatable bonds is 4. The summed E-state index contributed by atoms with van der Waals surface area (Å²) in [6, 6.07) is 1.87. The van der Waals surface area contributed by atoms with Gasteiger partial charge in [-0.15, -0.1) is 0 Å². The fraction of sp³-hybridized carbons (Fsp3) is 0.412. The average Bonchev–Trinajstić information content (AvgIpc) is 2.56. The molecule has 0 saturated carbocycles. The van der Waals surface area contributed by atoms with E-state index in [4.69, 9.17) is 4.74 Å². The Bertz CT molecular complexity index is 701. The van der Waals surface area contributed by atoms with E-state index >= 15 is 0 Å². The third-order valence-electron chi connectivity index (χ3n) is 4.05. The Balaban J connectivity index is 1.53. The summed E-state index contributed by atoms with van der Waals surface area (Å²) in [6.45, 7) is 3.50. The second-order valence-corrected chi connectivity index (χ2v) is 5.99. The van der Waals surface area contributed by atoms with Gasteiger partial charge in [-0.2, -0.15) is 0 Å². The van der Waals surface area contributed by atoms with Gasteiger partial charge in [0.1, 0.15) is 11.9 Å². The van der Waals surface area contributed by atoms with Crippen LogP contribution in [-0.2, 0) is 6.54 Å². The lowest BCUT2D eigenvalue weighted by molar-refractivity contribution is 0.0886. The Morgan fingerprint density at radius 3 is 2.33 bits per heavy atom. The zero-order valence-corrected chi connectivity index (χ0v) is 13.3. The van der Waals surface area contributed by atoms with E-state index in [1.807, 2.05) is 11.8 Å². The molecule has 1 saturated heterocycles. The van der Waals surface area contributed by atoms with Crippen molar-refractivity contribution in [2.75, 3.05) is 13.1 Å². The van der Waals surface area contributed by atoms with Crippen molar-refractivity contribution in [1.82, 2.24) is 14.9 Å². The molecule has 1 aliphatic rings. The summed E-state index contributed by atoms with van der Waals surface area (Å²) in [6.07, 6.45) is 4.87. The van der Waals surface area contributed by atoms with Gasteiger partial charge in [-0.3, -0.25) is 4.90 Å². The van der Waals surface area contributed by atoms with Crippen molar-refractivity contribution in [2.45, 2.75) is 32.4 Å². The van der Waals surface area contributed by atoms with Gasteiger partial charge in [0, 0.05) is 43.7 Å². The first-order valence-corrected chi connectivity index (χ1v) is 7.82. The van der Waals surface area contributed by atoms with Gasteiger partial charge in [0.2, 0.25) is 0 Å². The van der Waals surface area contributed by atoms with Crippen LogP contribution in [0.25, 0.3) is 0 Å². The van der Waals surface area contributed by atoms with Crippen molar-refractivity contribution in [3.63, 3.8) is 0 Å². The summed E-state index contributed by atoms with van der Waals surface area (Å²) < 4.78 is 45.7. The monoisotopic (exact) mass is 337 g/mol. The van der Waals surface area contributed by atoms with Gasteiger partial charge in [0.05, 0.1) is 0 Å². The van der Waals surface area contributed by atoms with Crippen LogP contribution in [0.5, 0.6) is 6.01 Å². The van der Waals surface area contributed by atoms with Crippen LogP contribution in [0.15, 0.2) is 24.5 Å². The number of benzene rings is 1. The first kappa shape index (κ1) is 16.7. The summed E-state index contributed by atoms with van der Waals surface area (Å²) in [4.78, 5) is 10.2. The van der Waals surface area contributed by atoms with Gasteiger partial charge in [-0.25, -0.2) is 23.1 Å². The largest absolute Gasteiger partial charge is 0.460 e. The average molecular weight is 337 g/mol. The highest BCUT2D eigenvalue weighted by atomic mass is 19.2. The molecule has 0 aliphatic carbocycles. The molecule has 0 spiro atoms. The standard InChI is InChI=1S/C17H18F3N3O/c1-11-8-21-17(22-9-11)24-13-2-4-23(5-3-13)10-12-6-15(19)16(20)7-14(12)18/h6-9,13H,2-5,10H2,1H3. The van der Waals surface area contributed by atoms with Crippen LogP contribution in [0.2, 0.25) is 0 Å². The van der Waals surface area contributed by atoms with Crippen LogP contribution in [0.1, 0.15) is 24.0 Å². The zero-order chi connectivity index (χ0) is 17.1. The molecule has 1 aromatic heterocycles. The second-order valence-electron chi connectivity index (χ2n) is 5.99. The predicted molar refractivity (Wildman–Crippen MR) is 82.0 cm³/mol. The molecule has 0 amide bonds. The zero-order valence-electron chi connectivity index (χ0n) is 13.3. The van der Waals surface area contributed by atoms with E-state index in [2.05, 4.69) is 9.97 Å². The van der Waals surface area contributed by atoms with E-state index in [0.29, 0.717) is 25.2 Å². The van der Waals surface area contributed by atoms with E-state index in [9.17, 15) is 13.2 Å². The first-order valence-electron chi connectivity index (χ1n) is 7.82. The van der Waals surface area contributed by atoms with E-state index in [-0.39, 0.29) is 18.2 Å². The summed E-state index contributed by atoms with van der Waals surface area (Å²) in [5.41, 5.74) is 1.13. The fourth-order valence-corrected chi connectivity index (χ4v) is 2.70. The molecule has 0 atom stereocenters. The van der Waals surface area contributed by atoms with Gasteiger partial charge in [-0.05, 0) is 31.4 Å². The van der Waals surface area contributed by atoms with Crippen molar-refractivity contribution in [3.8, 4) is 6.01 Å². The third kappa shape index (κ3) is 4.03. The van der Waals surface area contributed by atoms with Crippen LogP contribution < -0.4 is 4.74 Å². The molecular formula is C17H18F3N3O. The number of likely N-dealkylation sites (tertiary alicyclic amines) is 1. The van der Waals surface area contributed by atoms with E-state index in [0.717, 1.165) is 24.5 Å². The molecule has 0 unspecified atom stereocenters. The highest BCUT2D eigenvalue weighted by molar-refractivity contribution is 5.20. The summed E-state index contributed by atoms with van der Waals surface area (Å²) in [5.74, 6) is -2.91. The Kier molecular flexibility index (Phi) is 4.99. The molecule has 24 heavy (non-hydrogen) atoms. The Labute approximate surface area is 138 Å². The van der Waals surface area contributed by atoms with Crippen molar-refractivity contribution >= 4 is 0 Å². The minimum atomic E-state index is -1.17. The molecule has 2 heterocycles. The summed E-state index contributed by atoms with van der Waals surface area (Å²) in [7, 11) is 0. The smallest absolute Gasteiger partial charge is 0.316 e. The van der Waals surface area contributed by atoms with Gasteiger partial charge in [0.15, 0.2) is 11.6 Å². The molecule has 0 N–H and O–H groups in total. The SMILES string of the molecule is Cc1cnc(OC2CCN(Cc3cc(F)c(F)cc3F)CC2)nc1. The quantitative estimate of drug-likeness (QED) is 0.803. The number of halogens is 3. The number of piperidine rings is 1. The lowest BCUT2D eigenvalue weighted by Crippen LogP contribution is -2.38. The normalized spacial score (nSPS) is 16.3. The molecule has 1 fully saturated rings. The fourth-order valence-electron chi connectivity index (χ4n) is 2.70. The molecule has 0 bridgehead atoms. The van der Waals surface area contributed by atoms with Crippen molar-refractivity contribution in [3.05, 3.63) is 53.1 Å². The van der Waals surface area contributed by atoms with Crippen LogP contribution in [-0.4, -0.2) is 34.1 Å². The van der Waals surface area contributed by atoms with Crippen LogP contribution >= 0.6 is 0 Å². The minimum Gasteiger partial charge on any atom is -0.460 e. The van der Waals surface area contributed by atoms with Gasteiger partial charge in [0.25, 0.3) is 0 Å². The molecular weight excluding hydrogens is 319 g/mol. The van der Waals surface area contributed by atoms with Crippen LogP contribution in [0, 0.1) is 24.4 Å². The van der Waals surface area contributed by atoms with Gasteiger partial charge < -0.3 is 4.74 Å². The Morgan fingerprint density at radius 1 is 1.04 bits per heavy atom. The molecule has 4 nitrogen and oxygen atoms in total. The van der Waals surface area contributed by atoms with E-state index in [1.54, 1.807) is 12.4 Å². The first-order chi connectivity index (χ1) is 11.5. The maximum atomic E-state index is 13.7. The number of aromatic nitrogens is 2. The van der Waals surface area contributed by atoms with Crippen molar-refractivity contribution < 1.29 is 17.9 Å². The Morgan fingerprint density at radius 2 is 1.67 bits per heavy atom. The van der Waals surface area contributed by atoms with Crippen molar-refractivity contribution in [2.24, 2.45) is 0 Å². The molecule has 1 aromatic carbocycles. The highest BCUT2D eigenvalue weighted by Crippen LogP contribution is 2.20. The van der Waals surface area contributed by atoms with Crippen molar-refractivity contribution in [1.29, 1.82) is 0 Å². The van der Waals surface area contributed by atoms with Gasteiger partial charge >= 0.3 is 6.01 Å².